The number of thiophene rings is 2. The standard InChI is InChI=1S/C22H14O2S2/c1-11-13-9-15(17-5-3-7-25-17)22(24)20(13)12(2)14-10-16(21(23)19(11)14)18-6-4-8-26-18/h3-10H,1-2H3. The number of hydrogen-bond acceptors (Lipinski definition) is 4. The van der Waals surface area contributed by atoms with Crippen LogP contribution in [0, 0.1) is 13.8 Å². The van der Waals surface area contributed by atoms with E-state index in [1.807, 2.05) is 61.0 Å². The molecule has 0 aliphatic carbocycles. The van der Waals surface area contributed by atoms with Crippen LogP contribution >= 0.6 is 22.7 Å². The summed E-state index contributed by atoms with van der Waals surface area (Å²) in [6.07, 6.45) is 0. The van der Waals surface area contributed by atoms with Gasteiger partial charge in [-0.05, 0) is 70.8 Å². The summed E-state index contributed by atoms with van der Waals surface area (Å²) in [5.74, 6) is 0. The third-order valence-corrected chi connectivity index (χ3v) is 7.00. The molecule has 2 heterocycles. The molecule has 0 N–H and O–H groups in total. The van der Waals surface area contributed by atoms with Crippen molar-refractivity contribution in [3.05, 3.63) is 78.7 Å². The van der Waals surface area contributed by atoms with Crippen LogP contribution in [-0.2, 0) is 0 Å². The van der Waals surface area contributed by atoms with Crippen molar-refractivity contribution in [2.24, 2.45) is 0 Å². The maximum atomic E-state index is 13.1. The molecule has 2 nitrogen and oxygen atoms in total. The number of benzene rings is 1. The van der Waals surface area contributed by atoms with E-state index in [-0.39, 0.29) is 10.9 Å². The Kier molecular flexibility index (Phi) is 3.30. The molecule has 0 fully saturated rings. The summed E-state index contributed by atoms with van der Waals surface area (Å²) < 4.78 is 0. The van der Waals surface area contributed by atoms with Crippen LogP contribution in [0.4, 0.5) is 0 Å². The van der Waals surface area contributed by atoms with Crippen molar-refractivity contribution in [1.82, 2.24) is 0 Å². The second kappa shape index (κ2) is 5.47. The summed E-state index contributed by atoms with van der Waals surface area (Å²) in [7, 11) is 0. The van der Waals surface area contributed by atoms with Gasteiger partial charge in [0.05, 0.1) is 0 Å². The Morgan fingerprint density at radius 1 is 0.692 bits per heavy atom. The third kappa shape index (κ3) is 1.97. The summed E-state index contributed by atoms with van der Waals surface area (Å²) in [5, 5.41) is 7.27. The summed E-state index contributed by atoms with van der Waals surface area (Å²) in [4.78, 5) is 28.1. The molecule has 3 aromatic carbocycles. The zero-order valence-electron chi connectivity index (χ0n) is 14.3. The number of hydrogen-bond donors (Lipinski definition) is 0. The molecule has 0 spiro atoms. The van der Waals surface area contributed by atoms with Crippen LogP contribution in [0.25, 0.3) is 42.4 Å². The van der Waals surface area contributed by atoms with Crippen molar-refractivity contribution in [1.29, 1.82) is 0 Å². The molecule has 0 saturated heterocycles. The van der Waals surface area contributed by atoms with Crippen molar-refractivity contribution >= 4 is 44.2 Å². The van der Waals surface area contributed by atoms with Crippen molar-refractivity contribution in [3.63, 3.8) is 0 Å². The van der Waals surface area contributed by atoms with Gasteiger partial charge in [0.2, 0.25) is 0 Å². The van der Waals surface area contributed by atoms with Crippen LogP contribution in [0.3, 0.4) is 0 Å². The van der Waals surface area contributed by atoms with Gasteiger partial charge in [-0.3, -0.25) is 9.59 Å². The topological polar surface area (TPSA) is 34.1 Å². The Balaban J connectivity index is 1.93. The quantitative estimate of drug-likeness (QED) is 0.399. The van der Waals surface area contributed by atoms with E-state index in [0.29, 0.717) is 0 Å². The highest BCUT2D eigenvalue weighted by atomic mass is 32.1. The molecule has 5 rings (SSSR count). The Bertz CT molecular complexity index is 1260. The second-order valence-electron chi connectivity index (χ2n) is 6.56. The lowest BCUT2D eigenvalue weighted by molar-refractivity contribution is 1.54. The average molecular weight is 374 g/mol. The van der Waals surface area contributed by atoms with Crippen molar-refractivity contribution < 1.29 is 0 Å². The fourth-order valence-corrected chi connectivity index (χ4v) is 5.39. The van der Waals surface area contributed by atoms with E-state index in [0.717, 1.165) is 53.6 Å². The number of aryl methyl sites for hydroxylation is 2. The summed E-state index contributed by atoms with van der Waals surface area (Å²) in [6, 6.07) is 11.8. The van der Waals surface area contributed by atoms with E-state index in [1.54, 1.807) is 22.7 Å². The molecule has 0 bridgehead atoms. The van der Waals surface area contributed by atoms with Gasteiger partial charge in [-0.1, -0.05) is 12.1 Å². The Hall–Kier alpha value is -2.56. The van der Waals surface area contributed by atoms with Crippen LogP contribution in [0.5, 0.6) is 0 Å². The molecule has 0 atom stereocenters. The van der Waals surface area contributed by atoms with Crippen molar-refractivity contribution in [3.8, 4) is 20.9 Å². The van der Waals surface area contributed by atoms with E-state index in [2.05, 4.69) is 0 Å². The molecular weight excluding hydrogens is 360 g/mol. The monoisotopic (exact) mass is 374 g/mol. The normalized spacial score (nSPS) is 11.8. The van der Waals surface area contributed by atoms with Gasteiger partial charge in [-0.25, -0.2) is 0 Å². The fraction of sp³-hybridized carbons (Fsp3) is 0.0909. The molecule has 0 unspecified atom stereocenters. The summed E-state index contributed by atoms with van der Waals surface area (Å²) >= 11 is 3.13. The lowest BCUT2D eigenvalue weighted by atomic mass is 9.99. The molecule has 26 heavy (non-hydrogen) atoms. The average Bonchev–Trinajstić information content (AvgIpc) is 3.39. The maximum Gasteiger partial charge on any atom is 0.195 e. The summed E-state index contributed by atoms with van der Waals surface area (Å²) in [5.41, 5.74) is 3.42. The Labute approximate surface area is 157 Å². The molecule has 4 heteroatoms. The fourth-order valence-electron chi connectivity index (χ4n) is 3.91. The first-order valence-corrected chi connectivity index (χ1v) is 10.1. The number of fused-ring (bicyclic) bond motifs is 2. The van der Waals surface area contributed by atoms with Gasteiger partial charge in [-0.2, -0.15) is 0 Å². The predicted octanol–water partition coefficient (Wildman–Crippen LogP) is 5.66. The predicted molar refractivity (Wildman–Crippen MR) is 112 cm³/mol. The third-order valence-electron chi connectivity index (χ3n) is 5.19. The first-order valence-electron chi connectivity index (χ1n) is 8.35. The molecule has 0 radical (unpaired) electrons. The van der Waals surface area contributed by atoms with Gasteiger partial charge in [0, 0.05) is 31.7 Å². The van der Waals surface area contributed by atoms with Crippen LogP contribution in [0.15, 0.2) is 56.7 Å². The number of rotatable bonds is 2. The molecule has 0 aliphatic heterocycles. The molecule has 2 aromatic heterocycles. The van der Waals surface area contributed by atoms with Crippen LogP contribution in [0.1, 0.15) is 11.1 Å². The second-order valence-corrected chi connectivity index (χ2v) is 8.45. The van der Waals surface area contributed by atoms with Gasteiger partial charge >= 0.3 is 0 Å². The highest BCUT2D eigenvalue weighted by Crippen LogP contribution is 2.36. The first kappa shape index (κ1) is 15.7. The smallest absolute Gasteiger partial charge is 0.195 e. The lowest BCUT2D eigenvalue weighted by Crippen LogP contribution is -2.02. The SMILES string of the molecule is Cc1c2cc(-c3cccs3)c(=O)c2c(C)c2cc(-c3cccs3)c(=O)c12. The van der Waals surface area contributed by atoms with Gasteiger partial charge in [-0.15, -0.1) is 22.7 Å². The maximum absolute atomic E-state index is 13.1. The van der Waals surface area contributed by atoms with E-state index in [4.69, 9.17) is 0 Å². The lowest BCUT2D eigenvalue weighted by Gasteiger charge is -2.03. The van der Waals surface area contributed by atoms with E-state index in [1.165, 1.54) is 0 Å². The Morgan fingerprint density at radius 2 is 1.12 bits per heavy atom. The van der Waals surface area contributed by atoms with Crippen molar-refractivity contribution in [2.75, 3.05) is 0 Å². The minimum Gasteiger partial charge on any atom is -0.289 e. The minimum atomic E-state index is 0.0660. The van der Waals surface area contributed by atoms with Crippen molar-refractivity contribution in [2.45, 2.75) is 13.8 Å². The Morgan fingerprint density at radius 3 is 1.46 bits per heavy atom. The zero-order chi connectivity index (χ0) is 18.0. The van der Waals surface area contributed by atoms with Gasteiger partial charge in [0.1, 0.15) is 0 Å². The van der Waals surface area contributed by atoms with Crippen LogP contribution < -0.4 is 10.9 Å². The largest absolute Gasteiger partial charge is 0.289 e. The minimum absolute atomic E-state index is 0.0660. The van der Waals surface area contributed by atoms with E-state index >= 15 is 0 Å². The molecule has 0 aliphatic rings. The highest BCUT2D eigenvalue weighted by molar-refractivity contribution is 7.13. The van der Waals surface area contributed by atoms with Gasteiger partial charge in [0.15, 0.2) is 10.9 Å². The molecular formula is C22H14O2S2. The van der Waals surface area contributed by atoms with E-state index in [9.17, 15) is 9.59 Å². The molecule has 126 valence electrons. The summed E-state index contributed by atoms with van der Waals surface area (Å²) in [6.45, 7) is 3.92. The van der Waals surface area contributed by atoms with Gasteiger partial charge < -0.3 is 0 Å². The van der Waals surface area contributed by atoms with Gasteiger partial charge in [0.25, 0.3) is 0 Å². The molecule has 0 saturated carbocycles. The molecule has 5 aromatic rings. The van der Waals surface area contributed by atoms with E-state index < -0.39 is 0 Å². The van der Waals surface area contributed by atoms with Crippen LogP contribution in [-0.4, -0.2) is 0 Å². The zero-order valence-corrected chi connectivity index (χ0v) is 15.9. The molecule has 0 amide bonds. The first-order chi connectivity index (χ1) is 12.6. The highest BCUT2D eigenvalue weighted by Gasteiger charge is 2.21. The van der Waals surface area contributed by atoms with Crippen LogP contribution in [0.2, 0.25) is 0 Å².